The average molecular weight is 367 g/mol. The van der Waals surface area contributed by atoms with Crippen LogP contribution in [0.4, 0.5) is 0 Å². The molecular weight excluding hydrogens is 338 g/mol. The van der Waals surface area contributed by atoms with Crippen molar-refractivity contribution in [3.63, 3.8) is 0 Å². The molecule has 1 aliphatic carbocycles. The number of amides is 1. The van der Waals surface area contributed by atoms with Gasteiger partial charge in [-0.3, -0.25) is 14.5 Å². The summed E-state index contributed by atoms with van der Waals surface area (Å²) in [5.74, 6) is 0.129. The van der Waals surface area contributed by atoms with Crippen LogP contribution in [0, 0.1) is 0 Å². The Morgan fingerprint density at radius 3 is 2.78 bits per heavy atom. The van der Waals surface area contributed by atoms with Gasteiger partial charge in [0.15, 0.2) is 5.69 Å². The number of aryl methyl sites for hydroxylation is 1. The molecule has 1 unspecified atom stereocenters. The predicted molar refractivity (Wildman–Crippen MR) is 105 cm³/mol. The quantitative estimate of drug-likeness (QED) is 0.879. The number of piperidine rings is 1. The summed E-state index contributed by atoms with van der Waals surface area (Å²) in [5.41, 5.74) is 4.40. The Kier molecular flexibility index (Phi) is 5.53. The molecule has 144 valence electrons. The van der Waals surface area contributed by atoms with Gasteiger partial charge in [0.1, 0.15) is 0 Å². The van der Waals surface area contributed by atoms with E-state index in [4.69, 9.17) is 0 Å². The number of carbonyl (C=O) groups is 1. The van der Waals surface area contributed by atoms with Gasteiger partial charge in [0.25, 0.3) is 5.91 Å². The van der Waals surface area contributed by atoms with Gasteiger partial charge in [-0.2, -0.15) is 5.10 Å². The average Bonchev–Trinajstić information content (AvgIpc) is 3.05. The van der Waals surface area contributed by atoms with Crippen molar-refractivity contribution in [1.82, 2.24) is 25.0 Å². The maximum absolute atomic E-state index is 13.0. The van der Waals surface area contributed by atoms with Crippen LogP contribution in [-0.2, 0) is 26.3 Å². The number of rotatable bonds is 5. The minimum absolute atomic E-state index is 0.129. The van der Waals surface area contributed by atoms with Crippen molar-refractivity contribution in [3.8, 4) is 0 Å². The summed E-state index contributed by atoms with van der Waals surface area (Å²) in [6.07, 6.45) is 11.1. The normalized spacial score (nSPS) is 19.7. The standard InChI is InChI=1S/C21H29N5O/c1-25-19-6-5-17(23-12-9-16-7-10-22-11-8-16)15-18(19)20(24-25)21(27)26-13-3-2-4-14-26/h7-8,10-11,17,23H,2-6,9,12-15H2,1H3. The summed E-state index contributed by atoms with van der Waals surface area (Å²) in [7, 11) is 1.98. The van der Waals surface area contributed by atoms with Gasteiger partial charge in [0, 0.05) is 49.8 Å². The molecule has 1 aliphatic heterocycles. The number of carbonyl (C=O) groups excluding carboxylic acids is 1. The van der Waals surface area contributed by atoms with Crippen molar-refractivity contribution in [1.29, 1.82) is 0 Å². The summed E-state index contributed by atoms with van der Waals surface area (Å²) < 4.78 is 1.93. The molecular formula is C21H29N5O. The van der Waals surface area contributed by atoms with Gasteiger partial charge in [-0.15, -0.1) is 0 Å². The van der Waals surface area contributed by atoms with E-state index in [0.29, 0.717) is 11.7 Å². The molecule has 27 heavy (non-hydrogen) atoms. The van der Waals surface area contributed by atoms with E-state index in [1.807, 2.05) is 29.0 Å². The fourth-order valence-electron chi connectivity index (χ4n) is 4.35. The Hall–Kier alpha value is -2.21. The first-order valence-electron chi connectivity index (χ1n) is 10.2. The van der Waals surface area contributed by atoms with E-state index in [2.05, 4.69) is 27.5 Å². The van der Waals surface area contributed by atoms with Crippen LogP contribution in [0.1, 0.15) is 53.0 Å². The second kappa shape index (κ2) is 8.21. The maximum atomic E-state index is 13.0. The maximum Gasteiger partial charge on any atom is 0.274 e. The largest absolute Gasteiger partial charge is 0.337 e. The molecule has 6 heteroatoms. The van der Waals surface area contributed by atoms with Crippen LogP contribution in [0.5, 0.6) is 0 Å². The van der Waals surface area contributed by atoms with E-state index >= 15 is 0 Å². The number of pyridine rings is 1. The lowest BCUT2D eigenvalue weighted by Gasteiger charge is -2.27. The third kappa shape index (κ3) is 4.05. The van der Waals surface area contributed by atoms with Crippen LogP contribution in [0.15, 0.2) is 24.5 Å². The van der Waals surface area contributed by atoms with Crippen molar-refractivity contribution in [2.75, 3.05) is 19.6 Å². The SMILES string of the molecule is Cn1nc(C(=O)N2CCCCC2)c2c1CCC(NCCc1ccncc1)C2. The lowest BCUT2D eigenvalue weighted by Crippen LogP contribution is -2.38. The molecule has 0 radical (unpaired) electrons. The molecule has 0 bridgehead atoms. The van der Waals surface area contributed by atoms with Crippen molar-refractivity contribution in [3.05, 3.63) is 47.0 Å². The molecule has 2 aromatic rings. The van der Waals surface area contributed by atoms with E-state index in [1.54, 1.807) is 0 Å². The molecule has 6 nitrogen and oxygen atoms in total. The summed E-state index contributed by atoms with van der Waals surface area (Å²) in [5, 5.41) is 8.30. The highest BCUT2D eigenvalue weighted by atomic mass is 16.2. The third-order valence-corrected chi connectivity index (χ3v) is 5.90. The Morgan fingerprint density at radius 1 is 1.22 bits per heavy atom. The van der Waals surface area contributed by atoms with Crippen molar-refractivity contribution in [2.45, 2.75) is 51.0 Å². The fraction of sp³-hybridized carbons (Fsp3) is 0.571. The minimum Gasteiger partial charge on any atom is -0.337 e. The van der Waals surface area contributed by atoms with Crippen LogP contribution in [-0.4, -0.2) is 51.2 Å². The Labute approximate surface area is 161 Å². The topological polar surface area (TPSA) is 63.1 Å². The summed E-state index contributed by atoms with van der Waals surface area (Å²) in [6, 6.07) is 4.55. The second-order valence-corrected chi connectivity index (χ2v) is 7.75. The first-order chi connectivity index (χ1) is 13.2. The van der Waals surface area contributed by atoms with Gasteiger partial charge in [-0.25, -0.2) is 0 Å². The number of nitrogens with one attached hydrogen (secondary N) is 1. The summed E-state index contributed by atoms with van der Waals surface area (Å²) in [6.45, 7) is 2.69. The van der Waals surface area contributed by atoms with Crippen LogP contribution in [0.2, 0.25) is 0 Å². The molecule has 1 amide bonds. The smallest absolute Gasteiger partial charge is 0.274 e. The van der Waals surface area contributed by atoms with Gasteiger partial charge < -0.3 is 10.2 Å². The Balaban J connectivity index is 1.41. The summed E-state index contributed by atoms with van der Waals surface area (Å²) >= 11 is 0. The van der Waals surface area contributed by atoms with E-state index in [9.17, 15) is 4.79 Å². The molecule has 0 spiro atoms. The molecule has 1 saturated heterocycles. The monoisotopic (exact) mass is 367 g/mol. The zero-order chi connectivity index (χ0) is 18.6. The molecule has 0 aromatic carbocycles. The molecule has 3 heterocycles. The van der Waals surface area contributed by atoms with Crippen LogP contribution in [0.3, 0.4) is 0 Å². The van der Waals surface area contributed by atoms with Crippen LogP contribution >= 0.6 is 0 Å². The van der Waals surface area contributed by atoms with Crippen LogP contribution < -0.4 is 5.32 Å². The van der Waals surface area contributed by atoms with Crippen molar-refractivity contribution < 1.29 is 4.79 Å². The van der Waals surface area contributed by atoms with Gasteiger partial charge >= 0.3 is 0 Å². The van der Waals surface area contributed by atoms with E-state index in [-0.39, 0.29) is 5.91 Å². The van der Waals surface area contributed by atoms with Gasteiger partial charge in [-0.05, 0) is 69.2 Å². The van der Waals surface area contributed by atoms with Crippen molar-refractivity contribution in [2.24, 2.45) is 7.05 Å². The predicted octanol–water partition coefficient (Wildman–Crippen LogP) is 2.13. The highest BCUT2D eigenvalue weighted by molar-refractivity contribution is 5.94. The van der Waals surface area contributed by atoms with Crippen LogP contribution in [0.25, 0.3) is 0 Å². The molecule has 0 saturated carbocycles. The lowest BCUT2D eigenvalue weighted by molar-refractivity contribution is 0.0716. The minimum atomic E-state index is 0.129. The van der Waals surface area contributed by atoms with Gasteiger partial charge in [0.2, 0.25) is 0 Å². The number of aromatic nitrogens is 3. The summed E-state index contributed by atoms with van der Waals surface area (Å²) in [4.78, 5) is 19.1. The number of nitrogens with zero attached hydrogens (tertiary/aromatic N) is 4. The molecule has 1 fully saturated rings. The lowest BCUT2D eigenvalue weighted by atomic mass is 9.91. The molecule has 2 aromatic heterocycles. The molecule has 2 aliphatic rings. The zero-order valence-electron chi connectivity index (χ0n) is 16.2. The van der Waals surface area contributed by atoms with Gasteiger partial charge in [-0.1, -0.05) is 0 Å². The van der Waals surface area contributed by atoms with E-state index in [0.717, 1.165) is 58.2 Å². The Morgan fingerprint density at radius 2 is 2.00 bits per heavy atom. The molecule has 1 atom stereocenters. The first-order valence-corrected chi connectivity index (χ1v) is 10.2. The first kappa shape index (κ1) is 18.2. The van der Waals surface area contributed by atoms with E-state index < -0.39 is 0 Å². The van der Waals surface area contributed by atoms with Gasteiger partial charge in [0.05, 0.1) is 0 Å². The molecule has 1 N–H and O–H groups in total. The number of hydrogen-bond acceptors (Lipinski definition) is 4. The second-order valence-electron chi connectivity index (χ2n) is 7.75. The fourth-order valence-corrected chi connectivity index (χ4v) is 4.35. The highest BCUT2D eigenvalue weighted by Gasteiger charge is 2.30. The highest BCUT2D eigenvalue weighted by Crippen LogP contribution is 2.26. The third-order valence-electron chi connectivity index (χ3n) is 5.90. The number of likely N-dealkylation sites (tertiary alicyclic amines) is 1. The van der Waals surface area contributed by atoms with Crippen molar-refractivity contribution >= 4 is 5.91 Å². The molecule has 4 rings (SSSR count). The Bertz CT molecular complexity index is 779. The number of fused-ring (bicyclic) bond motifs is 1. The zero-order valence-corrected chi connectivity index (χ0v) is 16.2. The van der Waals surface area contributed by atoms with E-state index in [1.165, 1.54) is 23.2 Å². The number of hydrogen-bond donors (Lipinski definition) is 1.